The molecule has 1 amide bonds. The minimum atomic E-state index is -2.29. The summed E-state index contributed by atoms with van der Waals surface area (Å²) in [7, 11) is 0. The fraction of sp³-hybridized carbons (Fsp3) is 0.194. The molecule has 187 valence electrons. The molecule has 0 aliphatic heterocycles. The minimum Gasteiger partial charge on any atom is -1.00 e. The van der Waals surface area contributed by atoms with E-state index in [2.05, 4.69) is 113 Å². The summed E-state index contributed by atoms with van der Waals surface area (Å²) in [6.45, 7) is -1.70. The van der Waals surface area contributed by atoms with E-state index in [4.69, 9.17) is 0 Å². The van der Waals surface area contributed by atoms with E-state index in [1.807, 2.05) is 0 Å². The molecular weight excluding hydrogens is 549 g/mol. The molecule has 4 aromatic rings. The zero-order valence-electron chi connectivity index (χ0n) is 20.6. The number of fused-ring (bicyclic) bond motifs is 3. The third-order valence-corrected chi connectivity index (χ3v) is 21.2. The van der Waals surface area contributed by atoms with Crippen molar-refractivity contribution >= 4 is 22.9 Å². The van der Waals surface area contributed by atoms with Crippen molar-refractivity contribution in [2.45, 2.75) is 29.9 Å². The van der Waals surface area contributed by atoms with Gasteiger partial charge in [0.25, 0.3) is 0 Å². The van der Waals surface area contributed by atoms with Gasteiger partial charge in [0, 0.05) is 0 Å². The minimum absolute atomic E-state index is 0. The van der Waals surface area contributed by atoms with E-state index in [1.165, 1.54) is 45.5 Å². The third-order valence-electron chi connectivity index (χ3n) is 7.72. The topological polar surface area (TPSA) is 29.1 Å². The van der Waals surface area contributed by atoms with Crippen LogP contribution in [0.2, 0.25) is 0 Å². The van der Waals surface area contributed by atoms with Crippen LogP contribution in [0.4, 0.5) is 0 Å². The van der Waals surface area contributed by atoms with E-state index in [9.17, 15) is 4.79 Å². The van der Waals surface area contributed by atoms with Crippen molar-refractivity contribution in [3.05, 3.63) is 120 Å². The molecule has 2 aliphatic rings. The van der Waals surface area contributed by atoms with Gasteiger partial charge in [-0.25, -0.2) is 0 Å². The average molecular weight is 579 g/mol. The van der Waals surface area contributed by atoms with Crippen molar-refractivity contribution in [2.75, 3.05) is 0 Å². The second-order valence-electron chi connectivity index (χ2n) is 9.79. The summed E-state index contributed by atoms with van der Waals surface area (Å²) in [4.78, 5) is 13.8. The van der Waals surface area contributed by atoms with Gasteiger partial charge in [0.15, 0.2) is 0 Å². The molecule has 2 nitrogen and oxygen atoms in total. The van der Waals surface area contributed by atoms with Gasteiger partial charge in [-0.3, -0.25) is 0 Å². The van der Waals surface area contributed by atoms with Crippen molar-refractivity contribution in [3.8, 4) is 11.1 Å². The Morgan fingerprint density at radius 3 is 1.57 bits per heavy atom. The van der Waals surface area contributed by atoms with Crippen LogP contribution in [-0.4, -0.2) is 12.6 Å². The number of halogens is 2. The molecule has 4 aromatic carbocycles. The molecule has 1 fully saturated rings. The first kappa shape index (κ1) is 27.9. The van der Waals surface area contributed by atoms with Crippen LogP contribution in [-0.2, 0) is 22.2 Å². The molecule has 0 spiro atoms. The number of benzene rings is 4. The van der Waals surface area contributed by atoms with Crippen molar-refractivity contribution in [1.29, 1.82) is 0 Å². The van der Waals surface area contributed by atoms with E-state index in [0.29, 0.717) is 10.1 Å². The summed E-state index contributed by atoms with van der Waals surface area (Å²) in [5.41, 5.74) is 5.53. The Hall–Kier alpha value is -2.14. The molecule has 0 bridgehead atoms. The summed E-state index contributed by atoms with van der Waals surface area (Å²) in [5, 5.41) is 2.89. The number of carbonyl (C=O) groups excluding carboxylic acids is 1. The molecule has 6 rings (SSSR count). The fourth-order valence-corrected chi connectivity index (χ4v) is 21.2. The Kier molecular flexibility index (Phi) is 9.50. The quantitative estimate of drug-likeness (QED) is 0.297. The number of carbonyl (C=O) groups is 1. The van der Waals surface area contributed by atoms with Crippen molar-refractivity contribution < 1.29 is 47.0 Å². The van der Waals surface area contributed by atoms with Crippen LogP contribution < -0.4 is 39.0 Å². The average Bonchev–Trinajstić information content (AvgIpc) is 3.57. The van der Waals surface area contributed by atoms with E-state index >= 15 is 0 Å². The van der Waals surface area contributed by atoms with Crippen molar-refractivity contribution in [3.63, 3.8) is 0 Å². The van der Waals surface area contributed by atoms with Crippen LogP contribution in [0, 0.1) is 5.92 Å². The van der Waals surface area contributed by atoms with Gasteiger partial charge in [-0.05, 0) is 0 Å². The standard InChI is InChI=1S/C13H9.C12H11Si.C6H11NO.2ClH.Ti/c1-3-7-12-10(5-1)9-11-6-2-4-8-13(11)12;1-3-7-11(8-4-1)13-12-9-5-2-6-10-12;7-6(8)5-3-1-2-4-5;;;/h1-9H;1-10,13H;5H,1-4H2,(H2,7,8);2*1H;/q;;;;;+3/p-3. The van der Waals surface area contributed by atoms with Gasteiger partial charge >= 0.3 is 216 Å². The van der Waals surface area contributed by atoms with Crippen LogP contribution in [0.25, 0.3) is 11.1 Å². The van der Waals surface area contributed by atoms with Crippen molar-refractivity contribution in [2.24, 2.45) is 5.92 Å². The monoisotopic (exact) mass is 578 g/mol. The van der Waals surface area contributed by atoms with E-state index in [-0.39, 0.29) is 30.7 Å². The van der Waals surface area contributed by atoms with E-state index in [0.717, 1.165) is 12.8 Å². The number of hydrogen-bond donors (Lipinski definition) is 1. The predicted molar refractivity (Wildman–Crippen MR) is 143 cm³/mol. The van der Waals surface area contributed by atoms with E-state index in [1.54, 1.807) is 0 Å². The second-order valence-corrected chi connectivity index (χ2v) is 20.0. The second kappa shape index (κ2) is 12.6. The van der Waals surface area contributed by atoms with Gasteiger partial charge in [-0.1, -0.05) is 0 Å². The van der Waals surface area contributed by atoms with Gasteiger partial charge in [0.1, 0.15) is 0 Å². The number of hydrogen-bond acceptors (Lipinski definition) is 1. The van der Waals surface area contributed by atoms with Gasteiger partial charge < -0.3 is 24.8 Å². The molecule has 0 aromatic heterocycles. The largest absolute Gasteiger partial charge is 1.00 e. The van der Waals surface area contributed by atoms with E-state index < -0.39 is 24.0 Å². The molecule has 0 radical (unpaired) electrons. The van der Waals surface area contributed by atoms with Crippen LogP contribution in [0.5, 0.6) is 0 Å². The Morgan fingerprint density at radius 1 is 0.649 bits per heavy atom. The first-order valence-electron chi connectivity index (χ1n) is 12.8. The predicted octanol–water partition coefficient (Wildman–Crippen LogP) is -0.858. The maximum atomic E-state index is 13.8. The molecule has 0 saturated heterocycles. The first-order valence-corrected chi connectivity index (χ1v) is 18.9. The summed E-state index contributed by atoms with van der Waals surface area (Å²) < 4.78 is 4.18. The Bertz CT molecular complexity index is 1240. The number of rotatable bonds is 6. The Balaban J connectivity index is 0.00000160. The van der Waals surface area contributed by atoms with Gasteiger partial charge in [-0.2, -0.15) is 0 Å². The summed E-state index contributed by atoms with van der Waals surface area (Å²) in [6.07, 6.45) is 4.44. The molecule has 1 saturated carbocycles. The zero-order valence-corrected chi connectivity index (χ0v) is 24.8. The SMILES string of the molecule is O=C([NH][Ti+2]([CH]1c2ccccc2-c2ccccc21)[SiH](c1ccccc1)c1ccccc1)C1CCCC1.[Cl-].[Cl-]. The fourth-order valence-electron chi connectivity index (χ4n) is 6.08. The Morgan fingerprint density at radius 2 is 1.08 bits per heavy atom. The maximum Gasteiger partial charge on any atom is -1.00 e. The van der Waals surface area contributed by atoms with Crippen LogP contribution in [0.3, 0.4) is 0 Å². The van der Waals surface area contributed by atoms with Crippen molar-refractivity contribution in [1.82, 2.24) is 3.80 Å². The summed E-state index contributed by atoms with van der Waals surface area (Å²) in [5.74, 6) is 0.509. The van der Waals surface area contributed by atoms with Crippen LogP contribution >= 0.6 is 0 Å². The number of amides is 1. The molecule has 0 heterocycles. The van der Waals surface area contributed by atoms with Crippen LogP contribution in [0.1, 0.15) is 41.0 Å². The molecule has 1 N–H and O–H groups in total. The normalized spacial score (nSPS) is 14.3. The molecule has 0 unspecified atom stereocenters. The first-order chi connectivity index (χ1) is 17.3. The smallest absolute Gasteiger partial charge is 1.00 e. The summed E-state index contributed by atoms with van der Waals surface area (Å²) in [6, 6.07) is 40.0. The number of nitrogens with one attached hydrogen (secondary N) is 1. The maximum absolute atomic E-state index is 13.8. The Labute approximate surface area is 239 Å². The molecule has 6 heteroatoms. The summed E-state index contributed by atoms with van der Waals surface area (Å²) >= 11 is -2.29. The molecule has 37 heavy (non-hydrogen) atoms. The zero-order chi connectivity index (χ0) is 23.6. The molecular formula is C31H30Cl2NOSiTi. The molecule has 2 aliphatic carbocycles. The van der Waals surface area contributed by atoms with Gasteiger partial charge in [-0.15, -0.1) is 0 Å². The van der Waals surface area contributed by atoms with Gasteiger partial charge in [0.05, 0.1) is 0 Å². The third kappa shape index (κ3) is 5.53. The van der Waals surface area contributed by atoms with Crippen LogP contribution in [0.15, 0.2) is 109 Å². The van der Waals surface area contributed by atoms with Gasteiger partial charge in [0.2, 0.25) is 0 Å². The molecule has 0 atom stereocenters.